The van der Waals surface area contributed by atoms with Gasteiger partial charge in [0.25, 0.3) is 0 Å². The van der Waals surface area contributed by atoms with Gasteiger partial charge in [-0.1, -0.05) is 18.2 Å². The van der Waals surface area contributed by atoms with Crippen LogP contribution in [0.25, 0.3) is 11.3 Å². The third kappa shape index (κ3) is 2.82. The summed E-state index contributed by atoms with van der Waals surface area (Å²) in [6.07, 6.45) is 2.26. The van der Waals surface area contributed by atoms with E-state index in [1.54, 1.807) is 11.3 Å². The number of rotatable bonds is 3. The average molecular weight is 284 g/mol. The maximum Gasteiger partial charge on any atom is 0.183 e. The maximum atomic E-state index is 9.15. The smallest absolute Gasteiger partial charge is 0.183 e. The van der Waals surface area contributed by atoms with E-state index in [-0.39, 0.29) is 0 Å². The summed E-state index contributed by atoms with van der Waals surface area (Å²) in [6.45, 7) is 2.13. The van der Waals surface area contributed by atoms with Gasteiger partial charge in [0.1, 0.15) is 0 Å². The molecule has 102 valence electrons. The Balaban J connectivity index is 1.78. The molecule has 0 spiro atoms. The molecule has 0 radical (unpaired) electrons. The molecular weight excluding hydrogens is 268 g/mol. The highest BCUT2D eigenvalue weighted by atomic mass is 32.1. The Morgan fingerprint density at radius 2 is 2.10 bits per heavy atom. The number of nitrogens with zero attached hydrogens (tertiary/aromatic N) is 2. The Morgan fingerprint density at radius 1 is 1.30 bits per heavy atom. The quantitative estimate of drug-likeness (QED) is 0.910. The first-order chi connectivity index (χ1) is 9.86. The molecule has 0 unspecified atom stereocenters. The first kappa shape index (κ1) is 13.1. The molecule has 5 heteroatoms. The summed E-state index contributed by atoms with van der Waals surface area (Å²) in [5, 5.41) is 19.0. The third-order valence-corrected chi connectivity index (χ3v) is 4.27. The van der Waals surface area contributed by atoms with Crippen LogP contribution in [0, 0.1) is 11.3 Å². The summed E-state index contributed by atoms with van der Waals surface area (Å²) in [7, 11) is 0. The monoisotopic (exact) mass is 284 g/mol. The van der Waals surface area contributed by atoms with Crippen LogP contribution in [-0.2, 0) is 0 Å². The number of aromatic nitrogens is 1. The van der Waals surface area contributed by atoms with Crippen molar-refractivity contribution in [3.63, 3.8) is 0 Å². The largest absolute Gasteiger partial charge is 0.359 e. The molecule has 0 atom stereocenters. The summed E-state index contributed by atoms with van der Waals surface area (Å²) in [4.78, 5) is 4.62. The first-order valence-corrected chi connectivity index (χ1v) is 7.67. The van der Waals surface area contributed by atoms with Crippen LogP contribution in [0.4, 0.5) is 5.13 Å². The zero-order valence-corrected chi connectivity index (χ0v) is 11.9. The van der Waals surface area contributed by atoms with Crippen molar-refractivity contribution in [1.82, 2.24) is 10.3 Å². The molecule has 0 saturated carbocycles. The van der Waals surface area contributed by atoms with Crippen molar-refractivity contribution < 1.29 is 0 Å². The fourth-order valence-electron chi connectivity index (χ4n) is 2.41. The van der Waals surface area contributed by atoms with E-state index < -0.39 is 0 Å². The lowest BCUT2D eigenvalue weighted by molar-refractivity contribution is 0.479. The van der Waals surface area contributed by atoms with E-state index in [2.05, 4.69) is 21.7 Å². The second-order valence-electron chi connectivity index (χ2n) is 4.86. The predicted molar refractivity (Wildman–Crippen MR) is 81.8 cm³/mol. The fraction of sp³-hybridized carbons (Fsp3) is 0.333. The predicted octanol–water partition coefficient (Wildman–Crippen LogP) is 2.85. The van der Waals surface area contributed by atoms with Gasteiger partial charge < -0.3 is 10.6 Å². The van der Waals surface area contributed by atoms with Crippen LogP contribution in [0.2, 0.25) is 0 Å². The molecule has 2 N–H and O–H groups in total. The normalized spacial score (nSPS) is 15.8. The highest BCUT2D eigenvalue weighted by Gasteiger charge is 2.15. The van der Waals surface area contributed by atoms with Crippen molar-refractivity contribution in [2.24, 2.45) is 0 Å². The number of anilines is 1. The average Bonchev–Trinajstić information content (AvgIpc) is 2.96. The van der Waals surface area contributed by atoms with E-state index in [0.29, 0.717) is 11.6 Å². The van der Waals surface area contributed by atoms with Crippen molar-refractivity contribution in [1.29, 1.82) is 5.26 Å². The van der Waals surface area contributed by atoms with Crippen LogP contribution >= 0.6 is 11.3 Å². The molecule has 1 fully saturated rings. The highest BCUT2D eigenvalue weighted by molar-refractivity contribution is 7.14. The minimum absolute atomic E-state index is 0.501. The Labute approximate surface area is 122 Å². The number of hydrogen-bond acceptors (Lipinski definition) is 5. The van der Waals surface area contributed by atoms with Gasteiger partial charge >= 0.3 is 0 Å². The van der Waals surface area contributed by atoms with Gasteiger partial charge in [-0.3, -0.25) is 0 Å². The van der Waals surface area contributed by atoms with E-state index >= 15 is 0 Å². The summed E-state index contributed by atoms with van der Waals surface area (Å²) in [6, 6.07) is 10.3. The molecule has 20 heavy (non-hydrogen) atoms. The lowest BCUT2D eigenvalue weighted by atomic mass is 10.1. The standard InChI is InChI=1S/C15H16N4S/c16-9-11-3-1-2-4-13(11)14-10-20-15(19-14)18-12-5-7-17-8-6-12/h1-4,10,12,17H,5-8H2,(H,18,19). The van der Waals surface area contributed by atoms with Gasteiger partial charge in [-0.05, 0) is 32.0 Å². The van der Waals surface area contributed by atoms with E-state index in [1.165, 1.54) is 0 Å². The molecule has 1 aromatic carbocycles. The zero-order chi connectivity index (χ0) is 13.8. The van der Waals surface area contributed by atoms with Crippen molar-refractivity contribution in [2.45, 2.75) is 18.9 Å². The first-order valence-electron chi connectivity index (χ1n) is 6.79. The van der Waals surface area contributed by atoms with Crippen molar-refractivity contribution in [3.8, 4) is 17.3 Å². The van der Waals surface area contributed by atoms with Gasteiger partial charge in [0.05, 0.1) is 17.3 Å². The van der Waals surface area contributed by atoms with Crippen LogP contribution in [0.15, 0.2) is 29.6 Å². The summed E-state index contributed by atoms with van der Waals surface area (Å²) < 4.78 is 0. The van der Waals surface area contributed by atoms with Crippen LogP contribution < -0.4 is 10.6 Å². The second kappa shape index (κ2) is 6.04. The van der Waals surface area contributed by atoms with Crippen molar-refractivity contribution in [3.05, 3.63) is 35.2 Å². The van der Waals surface area contributed by atoms with E-state index in [9.17, 15) is 0 Å². The SMILES string of the molecule is N#Cc1ccccc1-c1csc(NC2CCNCC2)n1. The molecule has 2 heterocycles. The van der Waals surface area contributed by atoms with Gasteiger partial charge in [0, 0.05) is 17.0 Å². The van der Waals surface area contributed by atoms with E-state index in [1.807, 2.05) is 29.6 Å². The van der Waals surface area contributed by atoms with Crippen molar-refractivity contribution in [2.75, 3.05) is 18.4 Å². The minimum atomic E-state index is 0.501. The van der Waals surface area contributed by atoms with E-state index in [0.717, 1.165) is 42.3 Å². The summed E-state index contributed by atoms with van der Waals surface area (Å²) in [5.41, 5.74) is 2.46. The topological polar surface area (TPSA) is 60.7 Å². The molecule has 1 saturated heterocycles. The number of thiazole rings is 1. The zero-order valence-electron chi connectivity index (χ0n) is 11.1. The third-order valence-electron chi connectivity index (χ3n) is 3.49. The van der Waals surface area contributed by atoms with Gasteiger partial charge in [0.15, 0.2) is 5.13 Å². The molecule has 2 aromatic rings. The molecular formula is C15H16N4S. The Hall–Kier alpha value is -1.90. The van der Waals surface area contributed by atoms with Crippen LogP contribution in [-0.4, -0.2) is 24.1 Å². The number of benzene rings is 1. The van der Waals surface area contributed by atoms with Crippen LogP contribution in [0.1, 0.15) is 18.4 Å². The van der Waals surface area contributed by atoms with Gasteiger partial charge in [-0.2, -0.15) is 5.26 Å². The molecule has 1 aromatic heterocycles. The van der Waals surface area contributed by atoms with E-state index in [4.69, 9.17) is 5.26 Å². The lowest BCUT2D eigenvalue weighted by Crippen LogP contribution is -2.35. The van der Waals surface area contributed by atoms with Crippen LogP contribution in [0.5, 0.6) is 0 Å². The van der Waals surface area contributed by atoms with Crippen molar-refractivity contribution >= 4 is 16.5 Å². The fourth-order valence-corrected chi connectivity index (χ4v) is 3.20. The molecule has 1 aliphatic heterocycles. The number of piperidine rings is 1. The van der Waals surface area contributed by atoms with Gasteiger partial charge in [-0.15, -0.1) is 11.3 Å². The van der Waals surface area contributed by atoms with Gasteiger partial charge in [0.2, 0.25) is 0 Å². The maximum absolute atomic E-state index is 9.15. The minimum Gasteiger partial charge on any atom is -0.359 e. The molecule has 1 aliphatic rings. The summed E-state index contributed by atoms with van der Waals surface area (Å²) in [5.74, 6) is 0. The van der Waals surface area contributed by atoms with Crippen LogP contribution in [0.3, 0.4) is 0 Å². The lowest BCUT2D eigenvalue weighted by Gasteiger charge is -2.23. The number of nitriles is 1. The molecule has 0 amide bonds. The second-order valence-corrected chi connectivity index (χ2v) is 5.72. The Morgan fingerprint density at radius 3 is 2.90 bits per heavy atom. The number of hydrogen-bond donors (Lipinski definition) is 2. The number of nitrogens with one attached hydrogen (secondary N) is 2. The Bertz CT molecular complexity index is 623. The Kier molecular flexibility index (Phi) is 3.95. The van der Waals surface area contributed by atoms with Gasteiger partial charge in [-0.25, -0.2) is 4.98 Å². The summed E-state index contributed by atoms with van der Waals surface area (Å²) >= 11 is 1.61. The molecule has 4 nitrogen and oxygen atoms in total. The molecule has 3 rings (SSSR count). The highest BCUT2D eigenvalue weighted by Crippen LogP contribution is 2.28. The molecule has 0 aliphatic carbocycles. The molecule has 0 bridgehead atoms.